The molecule has 1 atom stereocenters. The number of fused-ring (bicyclic) bond motifs is 1. The second-order valence-corrected chi connectivity index (χ2v) is 8.64. The molecular weight excluding hydrogens is 422 g/mol. The summed E-state index contributed by atoms with van der Waals surface area (Å²) in [7, 11) is 0. The molecule has 1 fully saturated rings. The van der Waals surface area contributed by atoms with Gasteiger partial charge in [0.15, 0.2) is 0 Å². The third kappa shape index (κ3) is 2.80. The van der Waals surface area contributed by atoms with Crippen molar-refractivity contribution in [1.82, 2.24) is 20.2 Å². The SMILES string of the molecule is CC(C)(C)C1(c2nc(N)nc3ccc(Br)c(Cl)c23)CNCCN1C(=O)O. The fourth-order valence-electron chi connectivity index (χ4n) is 3.72. The Hall–Kier alpha value is -1.64. The quantitative estimate of drug-likeness (QED) is 0.625. The third-order valence-electron chi connectivity index (χ3n) is 4.99. The van der Waals surface area contributed by atoms with Gasteiger partial charge >= 0.3 is 6.09 Å². The Morgan fingerprint density at radius 1 is 1.42 bits per heavy atom. The van der Waals surface area contributed by atoms with Crippen LogP contribution in [-0.2, 0) is 5.54 Å². The molecule has 1 saturated heterocycles. The van der Waals surface area contributed by atoms with E-state index in [1.807, 2.05) is 20.8 Å². The molecule has 0 radical (unpaired) electrons. The van der Waals surface area contributed by atoms with E-state index in [0.717, 1.165) is 0 Å². The van der Waals surface area contributed by atoms with E-state index >= 15 is 0 Å². The molecule has 0 spiro atoms. The minimum absolute atomic E-state index is 0.0884. The van der Waals surface area contributed by atoms with Crippen molar-refractivity contribution in [2.24, 2.45) is 5.41 Å². The molecule has 2 heterocycles. The summed E-state index contributed by atoms with van der Waals surface area (Å²) in [6.07, 6.45) is -1.00. The predicted octanol–water partition coefficient (Wildman–Crippen LogP) is 3.45. The Morgan fingerprint density at radius 3 is 2.73 bits per heavy atom. The van der Waals surface area contributed by atoms with Crippen molar-refractivity contribution in [3.8, 4) is 0 Å². The number of nitrogen functional groups attached to an aromatic ring is 1. The summed E-state index contributed by atoms with van der Waals surface area (Å²) in [5.74, 6) is 0.0884. The summed E-state index contributed by atoms with van der Waals surface area (Å²) in [5.41, 5.74) is 5.64. The lowest BCUT2D eigenvalue weighted by atomic mass is 9.68. The molecule has 1 aromatic heterocycles. The maximum absolute atomic E-state index is 12.1. The average molecular weight is 443 g/mol. The van der Waals surface area contributed by atoms with Gasteiger partial charge in [0.25, 0.3) is 0 Å². The minimum Gasteiger partial charge on any atom is -0.465 e. The van der Waals surface area contributed by atoms with E-state index in [9.17, 15) is 9.90 Å². The van der Waals surface area contributed by atoms with Crippen LogP contribution >= 0.6 is 27.5 Å². The van der Waals surface area contributed by atoms with E-state index in [2.05, 4.69) is 31.2 Å². The zero-order valence-electron chi connectivity index (χ0n) is 14.8. The monoisotopic (exact) mass is 441 g/mol. The lowest BCUT2D eigenvalue weighted by Crippen LogP contribution is -2.66. The van der Waals surface area contributed by atoms with E-state index in [1.165, 1.54) is 4.90 Å². The van der Waals surface area contributed by atoms with Gasteiger partial charge < -0.3 is 16.2 Å². The zero-order chi connectivity index (χ0) is 19.3. The fraction of sp³-hybridized carbons (Fsp3) is 0.471. The number of aromatic nitrogens is 2. The molecule has 9 heteroatoms. The topological polar surface area (TPSA) is 104 Å². The number of carbonyl (C=O) groups is 1. The molecule has 0 bridgehead atoms. The maximum atomic E-state index is 12.1. The van der Waals surface area contributed by atoms with Crippen molar-refractivity contribution in [3.63, 3.8) is 0 Å². The highest BCUT2D eigenvalue weighted by molar-refractivity contribution is 9.10. The van der Waals surface area contributed by atoms with Gasteiger partial charge in [0.1, 0.15) is 5.54 Å². The van der Waals surface area contributed by atoms with Crippen molar-refractivity contribution >= 4 is 50.5 Å². The molecule has 0 saturated carbocycles. The van der Waals surface area contributed by atoms with Crippen molar-refractivity contribution in [2.75, 3.05) is 25.4 Å². The number of nitrogens with one attached hydrogen (secondary N) is 1. The van der Waals surface area contributed by atoms with Gasteiger partial charge in [0.05, 0.1) is 16.2 Å². The van der Waals surface area contributed by atoms with Gasteiger partial charge in [-0.15, -0.1) is 0 Å². The predicted molar refractivity (Wildman–Crippen MR) is 105 cm³/mol. The maximum Gasteiger partial charge on any atom is 0.408 e. The van der Waals surface area contributed by atoms with Gasteiger partial charge in [-0.3, -0.25) is 4.90 Å². The summed E-state index contributed by atoms with van der Waals surface area (Å²) < 4.78 is 0.691. The normalized spacial score (nSPS) is 21.2. The summed E-state index contributed by atoms with van der Waals surface area (Å²) in [5, 5.41) is 14.3. The highest BCUT2D eigenvalue weighted by Gasteiger charge is 2.54. The van der Waals surface area contributed by atoms with Crippen molar-refractivity contribution in [3.05, 3.63) is 27.3 Å². The number of carboxylic acid groups (broad SMARTS) is 1. The average Bonchev–Trinajstić information content (AvgIpc) is 2.56. The number of rotatable bonds is 1. The first-order valence-electron chi connectivity index (χ1n) is 8.22. The summed E-state index contributed by atoms with van der Waals surface area (Å²) in [6, 6.07) is 3.59. The summed E-state index contributed by atoms with van der Waals surface area (Å²) >= 11 is 10.0. The lowest BCUT2D eigenvalue weighted by molar-refractivity contribution is -0.0201. The highest BCUT2D eigenvalue weighted by atomic mass is 79.9. The number of halogens is 2. The van der Waals surface area contributed by atoms with E-state index in [1.54, 1.807) is 12.1 Å². The van der Waals surface area contributed by atoms with Gasteiger partial charge in [0, 0.05) is 29.5 Å². The molecule has 1 aromatic carbocycles. The van der Waals surface area contributed by atoms with E-state index in [0.29, 0.717) is 45.7 Å². The Balaban J connectivity index is 2.46. The van der Waals surface area contributed by atoms with Gasteiger partial charge in [-0.25, -0.2) is 14.8 Å². The van der Waals surface area contributed by atoms with Crippen LogP contribution in [0.3, 0.4) is 0 Å². The smallest absolute Gasteiger partial charge is 0.408 e. The van der Waals surface area contributed by atoms with E-state index in [4.69, 9.17) is 17.3 Å². The van der Waals surface area contributed by atoms with Crippen LogP contribution in [0.2, 0.25) is 5.02 Å². The largest absolute Gasteiger partial charge is 0.465 e. The molecular formula is C17H21BrClN5O2. The van der Waals surface area contributed by atoms with E-state index in [-0.39, 0.29) is 5.95 Å². The molecule has 3 rings (SSSR count). The summed E-state index contributed by atoms with van der Waals surface area (Å²) in [4.78, 5) is 22.4. The molecule has 140 valence electrons. The first-order chi connectivity index (χ1) is 12.1. The van der Waals surface area contributed by atoms with Crippen LogP contribution < -0.4 is 11.1 Å². The fourth-order valence-corrected chi connectivity index (χ4v) is 4.30. The van der Waals surface area contributed by atoms with Gasteiger partial charge in [-0.2, -0.15) is 0 Å². The summed E-state index contributed by atoms with van der Waals surface area (Å²) in [6.45, 7) is 7.28. The third-order valence-corrected chi connectivity index (χ3v) is 6.27. The van der Waals surface area contributed by atoms with Crippen LogP contribution in [0.5, 0.6) is 0 Å². The van der Waals surface area contributed by atoms with Crippen LogP contribution in [-0.4, -0.2) is 45.7 Å². The van der Waals surface area contributed by atoms with E-state index < -0.39 is 17.0 Å². The Kier molecular flexibility index (Phi) is 4.79. The number of anilines is 1. The number of hydrogen-bond donors (Lipinski definition) is 3. The molecule has 0 aliphatic carbocycles. The number of benzene rings is 1. The lowest BCUT2D eigenvalue weighted by Gasteiger charge is -2.53. The van der Waals surface area contributed by atoms with Gasteiger partial charge in [-0.1, -0.05) is 32.4 Å². The van der Waals surface area contributed by atoms with Gasteiger partial charge in [0.2, 0.25) is 5.95 Å². The van der Waals surface area contributed by atoms with Crippen molar-refractivity contribution in [1.29, 1.82) is 0 Å². The van der Waals surface area contributed by atoms with Crippen LogP contribution in [0.15, 0.2) is 16.6 Å². The van der Waals surface area contributed by atoms with Crippen LogP contribution in [0.25, 0.3) is 10.9 Å². The highest BCUT2D eigenvalue weighted by Crippen LogP contribution is 2.48. The van der Waals surface area contributed by atoms with Crippen LogP contribution in [0.1, 0.15) is 26.5 Å². The number of amides is 1. The molecule has 1 amide bonds. The molecule has 4 N–H and O–H groups in total. The van der Waals surface area contributed by atoms with Gasteiger partial charge in [-0.05, 0) is 33.5 Å². The molecule has 1 aliphatic heterocycles. The Morgan fingerprint density at radius 2 is 2.12 bits per heavy atom. The number of nitrogens with zero attached hydrogens (tertiary/aromatic N) is 3. The Bertz CT molecular complexity index is 886. The number of piperazine rings is 1. The molecule has 2 aromatic rings. The number of hydrogen-bond acceptors (Lipinski definition) is 5. The standard InChI is InChI=1S/C17H21BrClN5O2/c1-16(2,3)17(8-21-6-7-24(17)15(25)26)13-11-10(22-14(20)23-13)5-4-9(18)12(11)19/h4-5,21H,6-8H2,1-3H3,(H,25,26)(H2,20,22,23). The molecule has 1 aliphatic rings. The first-order valence-corrected chi connectivity index (χ1v) is 9.39. The van der Waals surface area contributed by atoms with Crippen molar-refractivity contribution in [2.45, 2.75) is 26.3 Å². The van der Waals surface area contributed by atoms with Crippen molar-refractivity contribution < 1.29 is 9.90 Å². The second-order valence-electron chi connectivity index (χ2n) is 7.41. The molecule has 26 heavy (non-hydrogen) atoms. The zero-order valence-corrected chi connectivity index (χ0v) is 17.1. The Labute approximate surface area is 165 Å². The second kappa shape index (κ2) is 6.51. The molecule has 1 unspecified atom stereocenters. The minimum atomic E-state index is -1.00. The van der Waals surface area contributed by atoms with Crippen LogP contribution in [0.4, 0.5) is 10.7 Å². The number of nitrogens with two attached hydrogens (primary N) is 1. The molecule has 7 nitrogen and oxygen atoms in total. The van der Waals surface area contributed by atoms with Crippen LogP contribution in [0, 0.1) is 5.41 Å². The first kappa shape index (κ1) is 19.1.